The number of nitrogens with two attached hydrogens (primary N) is 1. The quantitative estimate of drug-likeness (QED) is 0.748. The van der Waals surface area contributed by atoms with E-state index in [0.717, 1.165) is 6.20 Å². The van der Waals surface area contributed by atoms with Gasteiger partial charge in [0, 0.05) is 0 Å². The molecule has 2 aromatic rings. The van der Waals surface area contributed by atoms with Crippen LogP contribution in [0.3, 0.4) is 0 Å². The van der Waals surface area contributed by atoms with Crippen molar-refractivity contribution in [2.45, 2.75) is 0 Å². The molecule has 0 saturated carbocycles. The highest BCUT2D eigenvalue weighted by atomic mass is 32.1. The Morgan fingerprint density at radius 1 is 1.40 bits per heavy atom. The SMILES string of the molecule is NC(=S)c1ncn(-c2ccc(F)cn2)n1. The summed E-state index contributed by atoms with van der Waals surface area (Å²) >= 11 is 4.71. The molecule has 5 nitrogen and oxygen atoms in total. The van der Waals surface area contributed by atoms with Crippen molar-refractivity contribution < 1.29 is 4.39 Å². The van der Waals surface area contributed by atoms with Crippen LogP contribution >= 0.6 is 12.2 Å². The molecule has 0 spiro atoms. The molecule has 0 aliphatic carbocycles. The molecule has 0 aliphatic heterocycles. The molecule has 0 radical (unpaired) electrons. The first-order valence-electron chi connectivity index (χ1n) is 4.00. The molecule has 0 aromatic carbocycles. The number of hydrogen-bond donors (Lipinski definition) is 1. The lowest BCUT2D eigenvalue weighted by Gasteiger charge is -1.97. The van der Waals surface area contributed by atoms with E-state index < -0.39 is 5.82 Å². The second-order valence-electron chi connectivity index (χ2n) is 2.71. The fourth-order valence-electron chi connectivity index (χ4n) is 0.990. The number of aromatic nitrogens is 4. The zero-order valence-corrected chi connectivity index (χ0v) is 8.28. The van der Waals surface area contributed by atoms with Crippen molar-refractivity contribution in [3.63, 3.8) is 0 Å². The summed E-state index contributed by atoms with van der Waals surface area (Å²) in [7, 11) is 0. The summed E-state index contributed by atoms with van der Waals surface area (Å²) in [6, 6.07) is 2.76. The first-order chi connectivity index (χ1) is 7.16. The van der Waals surface area contributed by atoms with Crippen molar-refractivity contribution in [2.24, 2.45) is 5.73 Å². The summed E-state index contributed by atoms with van der Waals surface area (Å²) in [5.41, 5.74) is 5.34. The maximum atomic E-state index is 12.6. The first kappa shape index (κ1) is 9.66. The zero-order valence-electron chi connectivity index (χ0n) is 7.46. The highest BCUT2D eigenvalue weighted by molar-refractivity contribution is 7.80. The predicted molar refractivity (Wildman–Crippen MR) is 55.0 cm³/mol. The van der Waals surface area contributed by atoms with Gasteiger partial charge in [-0.2, -0.15) is 0 Å². The molecular formula is C8H6FN5S. The van der Waals surface area contributed by atoms with Gasteiger partial charge in [-0.25, -0.2) is 19.0 Å². The van der Waals surface area contributed by atoms with Gasteiger partial charge in [-0.3, -0.25) is 0 Å². The van der Waals surface area contributed by atoms with Crippen LogP contribution in [0.25, 0.3) is 5.82 Å². The van der Waals surface area contributed by atoms with Crippen molar-refractivity contribution in [1.29, 1.82) is 0 Å². The van der Waals surface area contributed by atoms with Gasteiger partial charge >= 0.3 is 0 Å². The maximum Gasteiger partial charge on any atom is 0.208 e. The van der Waals surface area contributed by atoms with Gasteiger partial charge in [0.2, 0.25) is 5.82 Å². The molecule has 2 aromatic heterocycles. The molecule has 0 bridgehead atoms. The summed E-state index contributed by atoms with van der Waals surface area (Å²) in [4.78, 5) is 7.80. The number of nitrogens with zero attached hydrogens (tertiary/aromatic N) is 4. The van der Waals surface area contributed by atoms with Gasteiger partial charge in [0.05, 0.1) is 6.20 Å². The van der Waals surface area contributed by atoms with Crippen LogP contribution in [0.4, 0.5) is 4.39 Å². The molecule has 7 heteroatoms. The van der Waals surface area contributed by atoms with Crippen LogP contribution in [0.2, 0.25) is 0 Å². The number of rotatable bonds is 2. The minimum Gasteiger partial charge on any atom is -0.387 e. The number of pyridine rings is 1. The molecule has 0 amide bonds. The van der Waals surface area contributed by atoms with Crippen molar-refractivity contribution in [2.75, 3.05) is 0 Å². The number of hydrogen-bond acceptors (Lipinski definition) is 4. The molecule has 15 heavy (non-hydrogen) atoms. The Labute approximate surface area is 89.8 Å². The van der Waals surface area contributed by atoms with E-state index in [9.17, 15) is 4.39 Å². The van der Waals surface area contributed by atoms with Crippen LogP contribution in [0.5, 0.6) is 0 Å². The average molecular weight is 223 g/mol. The normalized spacial score (nSPS) is 10.2. The highest BCUT2D eigenvalue weighted by Crippen LogP contribution is 2.03. The Morgan fingerprint density at radius 3 is 2.73 bits per heavy atom. The minimum absolute atomic E-state index is 0.107. The fourth-order valence-corrected chi connectivity index (χ4v) is 1.08. The number of thiocarbonyl (C=S) groups is 1. The van der Waals surface area contributed by atoms with Crippen LogP contribution in [0.1, 0.15) is 5.82 Å². The second-order valence-corrected chi connectivity index (χ2v) is 3.15. The summed E-state index contributed by atoms with van der Waals surface area (Å²) in [6.45, 7) is 0. The van der Waals surface area contributed by atoms with Crippen LogP contribution in [0, 0.1) is 5.82 Å². The van der Waals surface area contributed by atoms with Gasteiger partial charge in [0.15, 0.2) is 5.82 Å². The van der Waals surface area contributed by atoms with E-state index in [4.69, 9.17) is 18.0 Å². The van der Waals surface area contributed by atoms with E-state index in [-0.39, 0.29) is 10.8 Å². The highest BCUT2D eigenvalue weighted by Gasteiger charge is 2.05. The Hall–Kier alpha value is -1.89. The second kappa shape index (κ2) is 3.70. The van der Waals surface area contributed by atoms with E-state index in [0.29, 0.717) is 5.82 Å². The van der Waals surface area contributed by atoms with Gasteiger partial charge in [-0.05, 0) is 12.1 Å². The third-order valence-corrected chi connectivity index (χ3v) is 1.84. The fraction of sp³-hybridized carbons (Fsp3) is 0. The maximum absolute atomic E-state index is 12.6. The molecular weight excluding hydrogens is 217 g/mol. The average Bonchev–Trinajstić information content (AvgIpc) is 2.68. The molecule has 0 saturated heterocycles. The van der Waals surface area contributed by atoms with E-state index in [2.05, 4.69) is 15.1 Å². The van der Waals surface area contributed by atoms with Gasteiger partial charge in [0.25, 0.3) is 0 Å². The Morgan fingerprint density at radius 2 is 2.20 bits per heavy atom. The summed E-state index contributed by atoms with van der Waals surface area (Å²) < 4.78 is 14.0. The van der Waals surface area contributed by atoms with Crippen molar-refractivity contribution in [3.8, 4) is 5.82 Å². The van der Waals surface area contributed by atoms with E-state index >= 15 is 0 Å². The lowest BCUT2D eigenvalue weighted by atomic mass is 10.4. The third kappa shape index (κ3) is 1.96. The lowest BCUT2D eigenvalue weighted by Crippen LogP contribution is -2.12. The van der Waals surface area contributed by atoms with Crippen LogP contribution < -0.4 is 5.73 Å². The predicted octanol–water partition coefficient (Wildman–Crippen LogP) is 0.436. The van der Waals surface area contributed by atoms with Crippen LogP contribution in [-0.4, -0.2) is 24.7 Å². The van der Waals surface area contributed by atoms with Gasteiger partial charge in [-0.1, -0.05) is 12.2 Å². The topological polar surface area (TPSA) is 69.6 Å². The van der Waals surface area contributed by atoms with E-state index in [1.54, 1.807) is 0 Å². The Kier molecular flexibility index (Phi) is 2.38. The van der Waals surface area contributed by atoms with Crippen LogP contribution in [-0.2, 0) is 0 Å². The summed E-state index contributed by atoms with van der Waals surface area (Å²) in [6.07, 6.45) is 2.51. The standard InChI is InChI=1S/C8H6FN5S/c9-5-1-2-6(11-3-5)14-4-12-8(13-14)7(10)15/h1-4H,(H2,10,15). The van der Waals surface area contributed by atoms with Gasteiger partial charge in [0.1, 0.15) is 17.1 Å². The molecule has 0 unspecified atom stereocenters. The number of halogens is 1. The minimum atomic E-state index is -0.409. The third-order valence-electron chi connectivity index (χ3n) is 1.66. The molecule has 2 rings (SSSR count). The largest absolute Gasteiger partial charge is 0.387 e. The van der Waals surface area contributed by atoms with E-state index in [1.165, 1.54) is 23.1 Å². The Bertz CT molecular complexity index is 492. The summed E-state index contributed by atoms with van der Waals surface area (Å²) in [5, 5.41) is 3.96. The lowest BCUT2D eigenvalue weighted by molar-refractivity contribution is 0.619. The monoisotopic (exact) mass is 223 g/mol. The first-order valence-corrected chi connectivity index (χ1v) is 4.41. The van der Waals surface area contributed by atoms with Gasteiger partial charge in [-0.15, -0.1) is 5.10 Å². The van der Waals surface area contributed by atoms with Gasteiger partial charge < -0.3 is 5.73 Å². The smallest absolute Gasteiger partial charge is 0.208 e. The molecule has 0 fully saturated rings. The van der Waals surface area contributed by atoms with Crippen molar-refractivity contribution in [1.82, 2.24) is 19.7 Å². The van der Waals surface area contributed by atoms with Crippen LogP contribution in [0.15, 0.2) is 24.7 Å². The van der Waals surface area contributed by atoms with Crippen molar-refractivity contribution in [3.05, 3.63) is 36.3 Å². The molecule has 0 atom stereocenters. The molecule has 2 N–H and O–H groups in total. The molecule has 76 valence electrons. The zero-order chi connectivity index (χ0) is 10.8. The molecule has 2 heterocycles. The van der Waals surface area contributed by atoms with Crippen molar-refractivity contribution >= 4 is 17.2 Å². The Balaban J connectivity index is 2.37. The molecule has 0 aliphatic rings. The summed E-state index contributed by atoms with van der Waals surface area (Å²) in [5.74, 6) is 0.302. The van der Waals surface area contributed by atoms with E-state index in [1.807, 2.05) is 0 Å².